The summed E-state index contributed by atoms with van der Waals surface area (Å²) in [6.07, 6.45) is 0.903. The Kier molecular flexibility index (Phi) is 4.87. The Bertz CT molecular complexity index is 858. The molecule has 0 aliphatic heterocycles. The van der Waals surface area contributed by atoms with E-state index in [1.54, 1.807) is 23.9 Å². The summed E-state index contributed by atoms with van der Waals surface area (Å²) in [5, 5.41) is 10.7. The van der Waals surface area contributed by atoms with Gasteiger partial charge in [-0.05, 0) is 36.8 Å². The van der Waals surface area contributed by atoms with Gasteiger partial charge in [0.2, 0.25) is 5.91 Å². The van der Waals surface area contributed by atoms with Gasteiger partial charge in [0.05, 0.1) is 6.54 Å². The zero-order valence-corrected chi connectivity index (χ0v) is 13.6. The van der Waals surface area contributed by atoms with E-state index in [0.29, 0.717) is 17.9 Å². The minimum Gasteiger partial charge on any atom is -0.324 e. The molecule has 1 aromatic carbocycles. The molecule has 0 aliphatic carbocycles. The smallest absolute Gasteiger partial charge is 0.282 e. The van der Waals surface area contributed by atoms with E-state index >= 15 is 0 Å². The summed E-state index contributed by atoms with van der Waals surface area (Å²) in [5.74, 6) is -0.330. The van der Waals surface area contributed by atoms with E-state index in [-0.39, 0.29) is 18.1 Å². The average Bonchev–Trinajstić information content (AvgIpc) is 3.18. The summed E-state index contributed by atoms with van der Waals surface area (Å²) in [6.45, 7) is 2.10. The monoisotopic (exact) mass is 345 g/mol. The molecule has 0 bridgehead atoms. The number of nitrogens with zero attached hydrogens (tertiary/aromatic N) is 4. The molecule has 1 N–H and O–H groups in total. The van der Waals surface area contributed by atoms with Crippen molar-refractivity contribution < 1.29 is 13.6 Å². The van der Waals surface area contributed by atoms with Crippen molar-refractivity contribution in [2.45, 2.75) is 26.4 Å². The summed E-state index contributed by atoms with van der Waals surface area (Å²) in [6, 6.07) is 10.5. The van der Waals surface area contributed by atoms with E-state index in [2.05, 4.69) is 15.5 Å². The van der Waals surface area contributed by atoms with Crippen molar-refractivity contribution in [3.8, 4) is 0 Å². The molecule has 0 fully saturated rings. The minimum atomic E-state index is -2.65. The number of hydrogen-bond donors (Lipinski definition) is 1. The van der Waals surface area contributed by atoms with Crippen LogP contribution in [-0.2, 0) is 17.9 Å². The minimum absolute atomic E-state index is 0.123. The lowest BCUT2D eigenvalue weighted by atomic mass is 10.2. The van der Waals surface area contributed by atoms with Gasteiger partial charge in [0.15, 0.2) is 0 Å². The Labute approximate surface area is 143 Å². The van der Waals surface area contributed by atoms with Gasteiger partial charge in [-0.3, -0.25) is 14.2 Å². The zero-order chi connectivity index (χ0) is 17.8. The number of benzene rings is 1. The van der Waals surface area contributed by atoms with Crippen molar-refractivity contribution in [1.29, 1.82) is 0 Å². The third-order valence-electron chi connectivity index (χ3n) is 3.63. The summed E-state index contributed by atoms with van der Waals surface area (Å²) in [4.78, 5) is 12.2. The molecule has 3 rings (SSSR count). The Hall–Kier alpha value is -3.03. The van der Waals surface area contributed by atoms with Gasteiger partial charge in [-0.1, -0.05) is 12.1 Å². The lowest BCUT2D eigenvalue weighted by Crippen LogP contribution is -2.20. The predicted octanol–water partition coefficient (Wildman–Crippen LogP) is 3.01. The Balaban J connectivity index is 1.65. The van der Waals surface area contributed by atoms with E-state index in [1.807, 2.05) is 30.5 Å². The maximum atomic E-state index is 12.7. The quantitative estimate of drug-likeness (QED) is 0.747. The Morgan fingerprint density at radius 3 is 2.80 bits per heavy atom. The first-order valence-electron chi connectivity index (χ1n) is 7.70. The van der Waals surface area contributed by atoms with Crippen molar-refractivity contribution in [2.24, 2.45) is 0 Å². The molecular formula is C17H17F2N5O. The SMILES string of the molecule is Cc1cc(C(F)F)nn1CC(=O)Nc1cccc(Cn2cccn2)c1. The number of hydrogen-bond acceptors (Lipinski definition) is 3. The second kappa shape index (κ2) is 7.25. The molecule has 0 unspecified atom stereocenters. The van der Waals surface area contributed by atoms with Crippen molar-refractivity contribution in [3.63, 3.8) is 0 Å². The summed E-state index contributed by atoms with van der Waals surface area (Å²) < 4.78 is 28.4. The second-order valence-corrected chi connectivity index (χ2v) is 5.62. The number of halogens is 2. The van der Waals surface area contributed by atoms with E-state index in [0.717, 1.165) is 5.56 Å². The highest BCUT2D eigenvalue weighted by Crippen LogP contribution is 2.18. The fourth-order valence-electron chi connectivity index (χ4n) is 2.47. The van der Waals surface area contributed by atoms with Crippen LogP contribution < -0.4 is 5.32 Å². The van der Waals surface area contributed by atoms with Gasteiger partial charge in [0.25, 0.3) is 6.43 Å². The van der Waals surface area contributed by atoms with Crippen LogP contribution in [0, 0.1) is 6.92 Å². The van der Waals surface area contributed by atoms with E-state index < -0.39 is 6.43 Å². The highest BCUT2D eigenvalue weighted by atomic mass is 19.3. The first-order valence-corrected chi connectivity index (χ1v) is 7.70. The number of aryl methyl sites for hydroxylation is 1. The third kappa shape index (κ3) is 4.28. The van der Waals surface area contributed by atoms with Gasteiger partial charge in [0, 0.05) is 23.8 Å². The molecule has 25 heavy (non-hydrogen) atoms. The predicted molar refractivity (Wildman–Crippen MR) is 88.3 cm³/mol. The topological polar surface area (TPSA) is 64.7 Å². The average molecular weight is 345 g/mol. The van der Waals surface area contributed by atoms with Gasteiger partial charge in [-0.2, -0.15) is 10.2 Å². The number of rotatable bonds is 6. The highest BCUT2D eigenvalue weighted by Gasteiger charge is 2.15. The molecular weight excluding hydrogens is 328 g/mol. The zero-order valence-electron chi connectivity index (χ0n) is 13.6. The van der Waals surface area contributed by atoms with Crippen molar-refractivity contribution in [2.75, 3.05) is 5.32 Å². The van der Waals surface area contributed by atoms with Gasteiger partial charge in [-0.25, -0.2) is 8.78 Å². The lowest BCUT2D eigenvalue weighted by molar-refractivity contribution is -0.117. The van der Waals surface area contributed by atoms with Gasteiger partial charge in [0.1, 0.15) is 12.2 Å². The summed E-state index contributed by atoms with van der Waals surface area (Å²) >= 11 is 0. The van der Waals surface area contributed by atoms with Crippen LogP contribution in [0.1, 0.15) is 23.4 Å². The third-order valence-corrected chi connectivity index (χ3v) is 3.63. The number of aromatic nitrogens is 4. The van der Waals surface area contributed by atoms with E-state index in [1.165, 1.54) is 10.7 Å². The molecule has 2 aromatic heterocycles. The maximum absolute atomic E-state index is 12.7. The van der Waals surface area contributed by atoms with Crippen LogP contribution in [0.5, 0.6) is 0 Å². The Morgan fingerprint density at radius 1 is 1.28 bits per heavy atom. The van der Waals surface area contributed by atoms with Crippen LogP contribution >= 0.6 is 0 Å². The lowest BCUT2D eigenvalue weighted by Gasteiger charge is -2.09. The van der Waals surface area contributed by atoms with Gasteiger partial charge in [-0.15, -0.1) is 0 Å². The largest absolute Gasteiger partial charge is 0.324 e. The van der Waals surface area contributed by atoms with Crippen LogP contribution in [0.4, 0.5) is 14.5 Å². The summed E-state index contributed by atoms with van der Waals surface area (Å²) in [5.41, 5.74) is 1.80. The molecule has 0 aliphatic rings. The maximum Gasteiger partial charge on any atom is 0.282 e. The molecule has 0 saturated heterocycles. The molecule has 0 saturated carbocycles. The standard InChI is InChI=1S/C17H17F2N5O/c1-12-8-15(17(18)19)22-24(12)11-16(25)21-14-5-2-4-13(9-14)10-23-7-3-6-20-23/h2-9,17H,10-11H2,1H3,(H,21,25). The fourth-order valence-corrected chi connectivity index (χ4v) is 2.47. The van der Waals surface area contributed by atoms with E-state index in [9.17, 15) is 13.6 Å². The number of alkyl halides is 2. The van der Waals surface area contributed by atoms with Crippen LogP contribution in [0.25, 0.3) is 0 Å². The van der Waals surface area contributed by atoms with Gasteiger partial charge < -0.3 is 5.32 Å². The number of anilines is 1. The molecule has 1 amide bonds. The molecule has 6 nitrogen and oxygen atoms in total. The van der Waals surface area contributed by atoms with Crippen molar-refractivity contribution >= 4 is 11.6 Å². The normalized spacial score (nSPS) is 11.0. The molecule has 8 heteroatoms. The number of carbonyl (C=O) groups is 1. The molecule has 130 valence electrons. The van der Waals surface area contributed by atoms with Crippen LogP contribution in [0.15, 0.2) is 48.8 Å². The van der Waals surface area contributed by atoms with Gasteiger partial charge >= 0.3 is 0 Å². The Morgan fingerprint density at radius 2 is 2.12 bits per heavy atom. The first-order chi connectivity index (χ1) is 12.0. The molecule has 0 spiro atoms. The van der Waals surface area contributed by atoms with Crippen molar-refractivity contribution in [1.82, 2.24) is 19.6 Å². The second-order valence-electron chi connectivity index (χ2n) is 5.62. The molecule has 3 aromatic rings. The fraction of sp³-hybridized carbons (Fsp3) is 0.235. The van der Waals surface area contributed by atoms with Crippen LogP contribution in [0.2, 0.25) is 0 Å². The number of amides is 1. The highest BCUT2D eigenvalue weighted by molar-refractivity contribution is 5.90. The van der Waals surface area contributed by atoms with Crippen molar-refractivity contribution in [3.05, 3.63) is 65.7 Å². The van der Waals surface area contributed by atoms with Crippen LogP contribution in [0.3, 0.4) is 0 Å². The summed E-state index contributed by atoms with van der Waals surface area (Å²) in [7, 11) is 0. The molecule has 2 heterocycles. The van der Waals surface area contributed by atoms with E-state index in [4.69, 9.17) is 0 Å². The molecule has 0 radical (unpaired) electrons. The number of carbonyl (C=O) groups excluding carboxylic acids is 1. The first kappa shape index (κ1) is 16.8. The molecule has 0 atom stereocenters. The van der Waals surface area contributed by atoms with Crippen LogP contribution in [-0.4, -0.2) is 25.5 Å². The number of nitrogens with one attached hydrogen (secondary N) is 1.